The van der Waals surface area contributed by atoms with Gasteiger partial charge in [0.2, 0.25) is 11.8 Å². The summed E-state index contributed by atoms with van der Waals surface area (Å²) in [5.74, 6) is -0.279. The van der Waals surface area contributed by atoms with E-state index in [0.29, 0.717) is 18.7 Å². The second kappa shape index (κ2) is 14.6. The van der Waals surface area contributed by atoms with E-state index in [1.807, 2.05) is 26.8 Å². The number of methoxy groups -OCH3 is 1. The molecule has 0 heterocycles. The largest absolute Gasteiger partial charge is 0.497 e. The number of nitrogens with zero attached hydrogens (tertiary/aromatic N) is 2. The Bertz CT molecular complexity index is 1470. The van der Waals surface area contributed by atoms with Crippen molar-refractivity contribution in [2.75, 3.05) is 24.5 Å². The van der Waals surface area contributed by atoms with Crippen molar-refractivity contribution in [3.05, 3.63) is 87.9 Å². The maximum atomic E-state index is 14.1. The van der Waals surface area contributed by atoms with Crippen LogP contribution in [0.2, 0.25) is 10.0 Å². The van der Waals surface area contributed by atoms with E-state index in [4.69, 9.17) is 27.9 Å². The minimum Gasteiger partial charge on any atom is -0.497 e. The Morgan fingerprint density at radius 2 is 1.68 bits per heavy atom. The summed E-state index contributed by atoms with van der Waals surface area (Å²) in [7, 11) is -2.67. The molecule has 0 radical (unpaired) electrons. The maximum Gasteiger partial charge on any atom is 0.264 e. The van der Waals surface area contributed by atoms with E-state index >= 15 is 0 Å². The number of amides is 2. The Morgan fingerprint density at radius 1 is 0.976 bits per heavy atom. The first kappa shape index (κ1) is 32.2. The second-order valence-corrected chi connectivity index (χ2v) is 12.2. The van der Waals surface area contributed by atoms with Gasteiger partial charge in [-0.25, -0.2) is 8.42 Å². The average molecular weight is 621 g/mol. The fraction of sp³-hybridized carbons (Fsp3) is 0.333. The third-order valence-electron chi connectivity index (χ3n) is 6.50. The van der Waals surface area contributed by atoms with E-state index in [-0.39, 0.29) is 33.1 Å². The van der Waals surface area contributed by atoms with Crippen LogP contribution in [0.5, 0.6) is 5.75 Å². The number of ether oxygens (including phenoxy) is 1. The van der Waals surface area contributed by atoms with E-state index in [1.165, 1.54) is 35.2 Å². The molecule has 3 rings (SSSR count). The molecule has 2 amide bonds. The van der Waals surface area contributed by atoms with Crippen molar-refractivity contribution in [1.29, 1.82) is 0 Å². The lowest BCUT2D eigenvalue weighted by molar-refractivity contribution is -0.140. The summed E-state index contributed by atoms with van der Waals surface area (Å²) in [4.78, 5) is 28.7. The van der Waals surface area contributed by atoms with Crippen LogP contribution in [0.1, 0.15) is 37.8 Å². The molecule has 0 saturated carbocycles. The number of aryl methyl sites for hydroxylation is 1. The maximum absolute atomic E-state index is 14.1. The molecule has 0 spiro atoms. The van der Waals surface area contributed by atoms with Gasteiger partial charge in [0.15, 0.2) is 0 Å². The van der Waals surface area contributed by atoms with Crippen LogP contribution in [0.3, 0.4) is 0 Å². The monoisotopic (exact) mass is 619 g/mol. The molecule has 0 aromatic heterocycles. The molecule has 1 N–H and O–H groups in total. The highest BCUT2D eigenvalue weighted by molar-refractivity contribution is 7.92. The Hall–Kier alpha value is -3.27. The van der Waals surface area contributed by atoms with Crippen molar-refractivity contribution in [3.8, 4) is 5.75 Å². The van der Waals surface area contributed by atoms with Crippen molar-refractivity contribution in [1.82, 2.24) is 10.2 Å². The van der Waals surface area contributed by atoms with Crippen molar-refractivity contribution in [2.45, 2.75) is 51.1 Å². The van der Waals surface area contributed by atoms with Gasteiger partial charge in [-0.3, -0.25) is 13.9 Å². The fourth-order valence-corrected chi connectivity index (χ4v) is 5.96. The van der Waals surface area contributed by atoms with Gasteiger partial charge < -0.3 is 15.0 Å². The lowest BCUT2D eigenvalue weighted by Gasteiger charge is -2.33. The topological polar surface area (TPSA) is 96.0 Å². The molecule has 1 atom stereocenters. The zero-order chi connectivity index (χ0) is 30.2. The summed E-state index contributed by atoms with van der Waals surface area (Å²) in [5, 5.41) is 3.25. The Balaban J connectivity index is 2.08. The molecule has 0 bridgehead atoms. The van der Waals surface area contributed by atoms with Crippen molar-refractivity contribution >= 4 is 50.7 Å². The third-order valence-corrected chi connectivity index (χ3v) is 9.03. The summed E-state index contributed by atoms with van der Waals surface area (Å²) in [5.41, 5.74) is 1.77. The van der Waals surface area contributed by atoms with Crippen LogP contribution >= 0.6 is 23.2 Å². The zero-order valence-electron chi connectivity index (χ0n) is 23.6. The molecule has 3 aromatic carbocycles. The first-order valence-corrected chi connectivity index (χ1v) is 15.5. The second-order valence-electron chi connectivity index (χ2n) is 9.51. The molecule has 0 unspecified atom stereocenters. The van der Waals surface area contributed by atoms with Gasteiger partial charge in [0, 0.05) is 13.1 Å². The van der Waals surface area contributed by atoms with Gasteiger partial charge in [-0.1, -0.05) is 66.9 Å². The molecule has 220 valence electrons. The van der Waals surface area contributed by atoms with Gasteiger partial charge in [0.1, 0.15) is 18.3 Å². The molecule has 3 aromatic rings. The van der Waals surface area contributed by atoms with Crippen molar-refractivity contribution in [3.63, 3.8) is 0 Å². The highest BCUT2D eigenvalue weighted by atomic mass is 35.5. The highest BCUT2D eigenvalue weighted by Crippen LogP contribution is 2.31. The summed E-state index contributed by atoms with van der Waals surface area (Å²) < 4.78 is 34.2. The number of rotatable bonds is 13. The fourth-order valence-electron chi connectivity index (χ4n) is 4.26. The molecule has 0 aliphatic rings. The predicted molar refractivity (Wildman–Crippen MR) is 163 cm³/mol. The number of benzene rings is 3. The average Bonchev–Trinajstić information content (AvgIpc) is 2.96. The van der Waals surface area contributed by atoms with Crippen molar-refractivity contribution in [2.24, 2.45) is 0 Å². The van der Waals surface area contributed by atoms with Gasteiger partial charge in [-0.15, -0.1) is 0 Å². The summed E-state index contributed by atoms with van der Waals surface area (Å²) in [6, 6.07) is 17.0. The van der Waals surface area contributed by atoms with Crippen LogP contribution in [-0.4, -0.2) is 51.4 Å². The molecular formula is C30H35Cl2N3O5S. The minimum atomic E-state index is -4.22. The smallest absolute Gasteiger partial charge is 0.264 e. The van der Waals surface area contributed by atoms with E-state index in [9.17, 15) is 18.0 Å². The van der Waals surface area contributed by atoms with Gasteiger partial charge in [0.05, 0.1) is 27.7 Å². The first-order valence-electron chi connectivity index (χ1n) is 13.3. The number of hydrogen-bond donors (Lipinski definition) is 1. The number of sulfonamides is 1. The Morgan fingerprint density at radius 3 is 2.29 bits per heavy atom. The summed E-state index contributed by atoms with van der Waals surface area (Å²) in [6.07, 6.45) is 1.05. The lowest BCUT2D eigenvalue weighted by Crippen LogP contribution is -2.52. The van der Waals surface area contributed by atoms with Crippen molar-refractivity contribution < 1.29 is 22.7 Å². The summed E-state index contributed by atoms with van der Waals surface area (Å²) in [6.45, 7) is 5.53. The number of nitrogens with one attached hydrogen (secondary N) is 1. The summed E-state index contributed by atoms with van der Waals surface area (Å²) >= 11 is 12.4. The van der Waals surface area contributed by atoms with Crippen LogP contribution in [0.25, 0.3) is 0 Å². The van der Waals surface area contributed by atoms with Crippen LogP contribution in [0.4, 0.5) is 5.69 Å². The van der Waals surface area contributed by atoms with Crippen LogP contribution in [0, 0.1) is 6.92 Å². The van der Waals surface area contributed by atoms with Gasteiger partial charge in [0.25, 0.3) is 10.0 Å². The van der Waals surface area contributed by atoms with E-state index in [0.717, 1.165) is 21.9 Å². The first-order chi connectivity index (χ1) is 19.5. The molecule has 0 aliphatic heterocycles. The Kier molecular flexibility index (Phi) is 11.5. The van der Waals surface area contributed by atoms with Crippen LogP contribution in [-0.2, 0) is 26.2 Å². The standard InChI is InChI=1S/C30H35Cl2N3O5S/c1-5-16-33-30(37)28(6-2)34(19-22-8-7-9-24(17-22)40-4)29(36)20-35(23-12-15-26(31)27(32)18-23)41(38,39)25-13-10-21(3)11-14-25/h7-15,17-18,28H,5-6,16,19-20H2,1-4H3,(H,33,37)/t28-/m0/s1. The van der Waals surface area contributed by atoms with E-state index < -0.39 is 28.5 Å². The molecule has 11 heteroatoms. The van der Waals surface area contributed by atoms with E-state index in [2.05, 4.69) is 5.32 Å². The zero-order valence-corrected chi connectivity index (χ0v) is 25.9. The van der Waals surface area contributed by atoms with Gasteiger partial charge in [-0.05, 0) is 67.8 Å². The van der Waals surface area contributed by atoms with Gasteiger partial charge >= 0.3 is 0 Å². The molecule has 0 aliphatic carbocycles. The highest BCUT2D eigenvalue weighted by Gasteiger charge is 2.33. The predicted octanol–water partition coefficient (Wildman–Crippen LogP) is 5.84. The molecule has 41 heavy (non-hydrogen) atoms. The molecule has 0 fully saturated rings. The number of carbonyl (C=O) groups excluding carboxylic acids is 2. The number of anilines is 1. The number of hydrogen-bond acceptors (Lipinski definition) is 5. The SMILES string of the molecule is CCCNC(=O)[C@H](CC)N(Cc1cccc(OC)c1)C(=O)CN(c1ccc(Cl)c(Cl)c1)S(=O)(=O)c1ccc(C)cc1. The van der Waals surface area contributed by atoms with Crippen LogP contribution < -0.4 is 14.4 Å². The molecule has 0 saturated heterocycles. The quantitative estimate of drug-likeness (QED) is 0.259. The number of halogens is 2. The van der Waals surface area contributed by atoms with E-state index in [1.54, 1.807) is 37.4 Å². The lowest BCUT2D eigenvalue weighted by atomic mass is 10.1. The molecular weight excluding hydrogens is 585 g/mol. The molecule has 8 nitrogen and oxygen atoms in total. The normalized spacial score (nSPS) is 12.0. The van der Waals surface area contributed by atoms with Gasteiger partial charge in [-0.2, -0.15) is 0 Å². The van der Waals surface area contributed by atoms with Crippen LogP contribution in [0.15, 0.2) is 71.6 Å². The number of carbonyl (C=O) groups is 2. The Labute approximate surface area is 252 Å². The third kappa shape index (κ3) is 8.15. The minimum absolute atomic E-state index is 0.00838.